The fourth-order valence-electron chi connectivity index (χ4n) is 11.5. The van der Waals surface area contributed by atoms with Crippen LogP contribution in [0.4, 0.5) is 11.4 Å². The van der Waals surface area contributed by atoms with Crippen molar-refractivity contribution in [2.75, 3.05) is 43.9 Å². The fraction of sp³-hybridized carbons (Fsp3) is 0.333. The first-order chi connectivity index (χ1) is 37.7. The molecule has 0 saturated carbocycles. The van der Waals surface area contributed by atoms with Gasteiger partial charge in [0.2, 0.25) is 21.6 Å². The maximum absolute atomic E-state index is 14.4. The SMILES string of the molecule is CCCC[N+]1=C(C=CC=CC=C2N(CCCS(=O)(=O)[O-])c3ccc4c(S(=O)(=O)N(C)CCCC(=O)NCCC(c5ccccc5)c5ccccc5)cccc4c3C2(C)C)C(C)(C)c2c1ccc1c(S(=O)(=O)[O-])cc(S(=O)(=O)[O-])cc21. The van der Waals surface area contributed by atoms with E-state index in [0.29, 0.717) is 47.6 Å². The first-order valence-corrected chi connectivity index (χ1v) is 32.3. The van der Waals surface area contributed by atoms with Crippen molar-refractivity contribution in [1.29, 1.82) is 0 Å². The van der Waals surface area contributed by atoms with Crippen LogP contribution in [0.3, 0.4) is 0 Å². The highest BCUT2D eigenvalue weighted by Gasteiger charge is 2.46. The van der Waals surface area contributed by atoms with Crippen molar-refractivity contribution in [3.8, 4) is 0 Å². The van der Waals surface area contributed by atoms with Gasteiger partial charge in [-0.1, -0.05) is 124 Å². The van der Waals surface area contributed by atoms with E-state index in [9.17, 15) is 52.1 Å². The molecule has 0 unspecified atom stereocenters. The first-order valence-electron chi connectivity index (χ1n) is 26.5. The van der Waals surface area contributed by atoms with E-state index in [1.54, 1.807) is 30.3 Å². The summed E-state index contributed by atoms with van der Waals surface area (Å²) in [5.74, 6) is -0.675. The summed E-state index contributed by atoms with van der Waals surface area (Å²) in [6, 6.07) is 33.8. The molecule has 2 aliphatic rings. The number of amides is 1. The highest BCUT2D eigenvalue weighted by atomic mass is 32.2. The predicted molar refractivity (Wildman–Crippen MR) is 309 cm³/mol. The average molecular weight is 1160 g/mol. The molecule has 6 aromatic rings. The molecule has 2 aliphatic heterocycles. The van der Waals surface area contributed by atoms with Crippen molar-refractivity contribution in [3.63, 3.8) is 0 Å². The van der Waals surface area contributed by atoms with Crippen LogP contribution in [0.25, 0.3) is 21.5 Å². The van der Waals surface area contributed by atoms with Crippen molar-refractivity contribution < 1.29 is 56.7 Å². The second-order valence-corrected chi connectivity index (χ2v) is 27.6. The number of nitrogens with one attached hydrogen (secondary N) is 1. The smallest absolute Gasteiger partial charge is 0.243 e. The first kappa shape index (κ1) is 59.8. The van der Waals surface area contributed by atoms with E-state index in [2.05, 4.69) is 34.2 Å². The third-order valence-electron chi connectivity index (χ3n) is 15.3. The Morgan fingerprint density at radius 2 is 1.34 bits per heavy atom. The minimum Gasteiger partial charge on any atom is -0.748 e. The fourth-order valence-corrected chi connectivity index (χ4v) is 14.7. The van der Waals surface area contributed by atoms with Crippen molar-refractivity contribution in [3.05, 3.63) is 174 Å². The summed E-state index contributed by atoms with van der Waals surface area (Å²) in [5, 5.41) is 4.32. The number of hydrogen-bond acceptors (Lipinski definition) is 13. The summed E-state index contributed by atoms with van der Waals surface area (Å²) < 4.78 is 142. The van der Waals surface area contributed by atoms with E-state index >= 15 is 0 Å². The van der Waals surface area contributed by atoms with E-state index in [4.69, 9.17) is 0 Å². The van der Waals surface area contributed by atoms with E-state index < -0.39 is 66.8 Å². The molecular weight excluding hydrogens is 1100 g/mol. The number of benzene rings is 6. The maximum atomic E-state index is 14.4. The Morgan fingerprint density at radius 3 is 1.96 bits per heavy atom. The van der Waals surface area contributed by atoms with E-state index in [1.807, 2.05) is 112 Å². The Morgan fingerprint density at radius 1 is 0.688 bits per heavy atom. The number of fused-ring (bicyclic) bond motifs is 6. The molecule has 0 radical (unpaired) electrons. The van der Waals surface area contributed by atoms with Crippen molar-refractivity contribution in [1.82, 2.24) is 9.62 Å². The molecule has 1 N–H and O–H groups in total. The molecule has 1 amide bonds. The number of carbonyl (C=O) groups excluding carboxylic acids is 1. The van der Waals surface area contributed by atoms with Crippen molar-refractivity contribution in [2.45, 2.75) is 105 Å². The zero-order chi connectivity index (χ0) is 58.0. The summed E-state index contributed by atoms with van der Waals surface area (Å²) >= 11 is 0. The molecule has 0 bridgehead atoms. The molecule has 0 atom stereocenters. The maximum Gasteiger partial charge on any atom is 0.243 e. The van der Waals surface area contributed by atoms with Gasteiger partial charge < -0.3 is 23.9 Å². The minimum absolute atomic E-state index is 0.00105. The van der Waals surface area contributed by atoms with Crippen LogP contribution in [0, 0.1) is 0 Å². The van der Waals surface area contributed by atoms with Crippen LogP contribution < -0.4 is 10.2 Å². The number of anilines is 1. The van der Waals surface area contributed by atoms with Crippen LogP contribution in [0.1, 0.15) is 101 Å². The largest absolute Gasteiger partial charge is 0.748 e. The Balaban J connectivity index is 1.04. The van der Waals surface area contributed by atoms with Crippen LogP contribution in [-0.2, 0) is 56.0 Å². The molecule has 2 heterocycles. The lowest BCUT2D eigenvalue weighted by atomic mass is 9.79. The molecule has 0 aromatic heterocycles. The molecule has 0 aliphatic carbocycles. The monoisotopic (exact) mass is 1160 g/mol. The molecule has 0 spiro atoms. The highest BCUT2D eigenvalue weighted by molar-refractivity contribution is 7.89. The third kappa shape index (κ3) is 12.6. The van der Waals surface area contributed by atoms with Gasteiger partial charge in [-0.25, -0.2) is 38.0 Å². The zero-order valence-corrected chi connectivity index (χ0v) is 48.9. The molecule has 80 heavy (non-hydrogen) atoms. The number of hydrogen-bond donors (Lipinski definition) is 1. The minimum atomic E-state index is -5.20. The van der Waals surface area contributed by atoms with Gasteiger partial charge in [0.05, 0.1) is 30.2 Å². The molecule has 16 nitrogen and oxygen atoms in total. The average Bonchev–Trinajstić information content (AvgIpc) is 4.00. The van der Waals surface area contributed by atoms with Crippen LogP contribution in [0.2, 0.25) is 0 Å². The van der Waals surface area contributed by atoms with Gasteiger partial charge in [0.1, 0.15) is 26.8 Å². The Bertz CT molecular complexity index is 3910. The number of carbonyl (C=O) groups is 1. The summed E-state index contributed by atoms with van der Waals surface area (Å²) in [7, 11) is -17.5. The van der Waals surface area contributed by atoms with Gasteiger partial charge in [-0.05, 0) is 97.0 Å². The predicted octanol–water partition coefficient (Wildman–Crippen LogP) is 9.45. The lowest BCUT2D eigenvalue weighted by Crippen LogP contribution is -2.30. The molecule has 424 valence electrons. The number of allylic oxidation sites excluding steroid dienone is 6. The number of nitrogens with zero attached hydrogens (tertiary/aromatic N) is 3. The lowest BCUT2D eigenvalue weighted by molar-refractivity contribution is -0.438. The second-order valence-electron chi connectivity index (χ2n) is 21.3. The molecule has 8 rings (SSSR count). The topological polar surface area (TPSA) is 244 Å². The summed E-state index contributed by atoms with van der Waals surface area (Å²) in [5.41, 5.74) is 4.86. The molecule has 20 heteroatoms. The molecule has 0 saturated heterocycles. The van der Waals surface area contributed by atoms with Crippen molar-refractivity contribution >= 4 is 84.9 Å². The normalized spacial score (nSPS) is 16.1. The van der Waals surface area contributed by atoms with Gasteiger partial charge in [-0.2, -0.15) is 4.58 Å². The second kappa shape index (κ2) is 23.6. The lowest BCUT2D eigenvalue weighted by Gasteiger charge is -2.27. The van der Waals surface area contributed by atoms with Gasteiger partial charge in [0.25, 0.3) is 0 Å². The zero-order valence-electron chi connectivity index (χ0n) is 45.6. The van der Waals surface area contributed by atoms with Gasteiger partial charge in [-0.3, -0.25) is 4.79 Å². The van der Waals surface area contributed by atoms with Gasteiger partial charge in [0, 0.05) is 96.5 Å². The number of sulfonamides is 1. The van der Waals surface area contributed by atoms with Crippen molar-refractivity contribution in [2.24, 2.45) is 0 Å². The number of unbranched alkanes of at least 4 members (excludes halogenated alkanes) is 1. The van der Waals surface area contributed by atoms with E-state index in [1.165, 1.54) is 17.4 Å². The summed E-state index contributed by atoms with van der Waals surface area (Å²) in [4.78, 5) is 13.5. The molecular formula is C60H66N4O12S4-2. The van der Waals surface area contributed by atoms with Crippen LogP contribution in [-0.4, -0.2) is 107 Å². The van der Waals surface area contributed by atoms with Crippen LogP contribution >= 0.6 is 0 Å². The standard InChI is InChI=1S/C60H68N4O12S4/c1-7-8-37-63-51-33-31-47-49(40-44(79(71,72)73)41-53(47)80(74,75)76)58(51)60(4,5)55(63)28-17-11-16-27-54-59(2,3)57-48-25-18-26-52(46(48)30-32-50(57)64(54)38-20-39-77(66,67)68)78(69,70)62(6)36-19-29-56(65)61-35-34-45(42-21-12-9-13-22-42)43-23-14-10-15-24-43/h9-18,21-28,30-33,40-41,45H,7-8,19-20,29,34-39H2,1-6H3,(H3-,61,65,66,67,68,71,72,73,74,75,76)/p-2. The van der Waals surface area contributed by atoms with E-state index in [0.717, 1.165) is 52.7 Å². The summed E-state index contributed by atoms with van der Waals surface area (Å²) in [6.07, 6.45) is 11.9. The van der Waals surface area contributed by atoms with E-state index in [-0.39, 0.29) is 59.8 Å². The Hall–Kier alpha value is -6.36. The summed E-state index contributed by atoms with van der Waals surface area (Å²) in [6.45, 7) is 11.0. The molecule has 6 aromatic carbocycles. The van der Waals surface area contributed by atoms with Crippen LogP contribution in [0.15, 0.2) is 166 Å². The Labute approximate surface area is 470 Å². The van der Waals surface area contributed by atoms with Gasteiger partial charge >= 0.3 is 0 Å². The Kier molecular flexibility index (Phi) is 17.6. The number of rotatable bonds is 23. The van der Waals surface area contributed by atoms with Gasteiger partial charge in [-0.15, -0.1) is 0 Å². The quantitative estimate of drug-likeness (QED) is 0.0357. The third-order valence-corrected chi connectivity index (χ3v) is 19.7. The highest BCUT2D eigenvalue weighted by Crippen LogP contribution is 2.52. The van der Waals surface area contributed by atoms with Gasteiger partial charge in [0.15, 0.2) is 5.71 Å². The molecule has 0 fully saturated rings. The van der Waals surface area contributed by atoms with Crippen LogP contribution in [0.5, 0.6) is 0 Å².